The zero-order valence-electron chi connectivity index (χ0n) is 38.7. The summed E-state index contributed by atoms with van der Waals surface area (Å²) in [5.74, 6) is -0.000331. The van der Waals surface area contributed by atoms with Crippen molar-refractivity contribution in [3.63, 3.8) is 0 Å². The normalized spacial score (nSPS) is 14.8. The lowest BCUT2D eigenvalue weighted by atomic mass is 10.0. The highest BCUT2D eigenvalue weighted by molar-refractivity contribution is 5.69. The molecule has 1 fully saturated rings. The minimum Gasteiger partial charge on any atom is -0.462 e. The molecule has 8 nitrogen and oxygen atoms in total. The van der Waals surface area contributed by atoms with Crippen LogP contribution in [0.15, 0.2) is 0 Å². The maximum Gasteiger partial charge on any atom is 0.306 e. The van der Waals surface area contributed by atoms with Gasteiger partial charge in [-0.25, -0.2) is 0 Å². The molecule has 0 radical (unpaired) electrons. The predicted molar refractivity (Wildman–Crippen MR) is 242 cm³/mol. The molecule has 338 valence electrons. The van der Waals surface area contributed by atoms with E-state index < -0.39 is 0 Å². The second-order valence-corrected chi connectivity index (χ2v) is 17.7. The molecular formula is C49H97N3O5. The number of rotatable bonds is 40. The first-order chi connectivity index (χ1) is 27.8. The molecule has 1 aliphatic heterocycles. The van der Waals surface area contributed by atoms with Gasteiger partial charge in [0.1, 0.15) is 12.2 Å². The average Bonchev–Trinajstić information content (AvgIpc) is 3.41. The first-order valence-corrected chi connectivity index (χ1v) is 25.1. The van der Waals surface area contributed by atoms with Crippen LogP contribution in [0.4, 0.5) is 0 Å². The third kappa shape index (κ3) is 32.3. The van der Waals surface area contributed by atoms with Gasteiger partial charge in [-0.15, -0.1) is 0 Å². The largest absolute Gasteiger partial charge is 0.462 e. The second kappa shape index (κ2) is 38.9. The van der Waals surface area contributed by atoms with Gasteiger partial charge in [-0.3, -0.25) is 14.5 Å². The van der Waals surface area contributed by atoms with E-state index in [9.17, 15) is 14.7 Å². The molecule has 0 saturated carbocycles. The Balaban J connectivity index is 2.47. The quantitative estimate of drug-likeness (QED) is 0.0484. The van der Waals surface area contributed by atoms with Crippen LogP contribution in [0.3, 0.4) is 0 Å². The lowest BCUT2D eigenvalue weighted by Crippen LogP contribution is -2.42. The zero-order chi connectivity index (χ0) is 41.6. The number of β-amino-alcohol motifs (C(OH)–C–C–N with tert-alkyl or cyclic N) is 1. The summed E-state index contributed by atoms with van der Waals surface area (Å²) in [5.41, 5.74) is 0. The molecule has 57 heavy (non-hydrogen) atoms. The molecule has 1 saturated heterocycles. The van der Waals surface area contributed by atoms with Crippen LogP contribution >= 0.6 is 0 Å². The van der Waals surface area contributed by atoms with E-state index >= 15 is 0 Å². The van der Waals surface area contributed by atoms with Crippen LogP contribution in [0.25, 0.3) is 0 Å². The summed E-state index contributed by atoms with van der Waals surface area (Å²) >= 11 is 0. The Hall–Kier alpha value is -1.22. The van der Waals surface area contributed by atoms with E-state index in [2.05, 4.69) is 49.3 Å². The van der Waals surface area contributed by atoms with Crippen LogP contribution in [-0.2, 0) is 19.1 Å². The van der Waals surface area contributed by atoms with Crippen molar-refractivity contribution < 1.29 is 24.2 Å². The highest BCUT2D eigenvalue weighted by atomic mass is 16.5. The van der Waals surface area contributed by atoms with Gasteiger partial charge in [0.05, 0.1) is 6.10 Å². The summed E-state index contributed by atoms with van der Waals surface area (Å²) in [6.45, 7) is 20.3. The van der Waals surface area contributed by atoms with E-state index in [4.69, 9.17) is 9.47 Å². The van der Waals surface area contributed by atoms with Gasteiger partial charge < -0.3 is 24.4 Å². The van der Waals surface area contributed by atoms with Crippen molar-refractivity contribution in [3.8, 4) is 0 Å². The number of aliphatic hydroxyl groups excluding tert-OH is 1. The van der Waals surface area contributed by atoms with Gasteiger partial charge in [-0.2, -0.15) is 0 Å². The fourth-order valence-corrected chi connectivity index (χ4v) is 8.47. The summed E-state index contributed by atoms with van der Waals surface area (Å²) in [5, 5.41) is 11.3. The number of nitrogens with zero attached hydrogens (tertiary/aromatic N) is 3. The monoisotopic (exact) mass is 808 g/mol. The van der Waals surface area contributed by atoms with Crippen molar-refractivity contribution >= 4 is 11.9 Å². The molecule has 1 atom stereocenters. The molecule has 0 aliphatic carbocycles. The van der Waals surface area contributed by atoms with Crippen molar-refractivity contribution in [1.29, 1.82) is 0 Å². The number of unbranched alkanes of at least 4 members (excludes halogenated alkanes) is 16. The zero-order valence-corrected chi connectivity index (χ0v) is 38.7. The molecule has 0 bridgehead atoms. The SMILES string of the molecule is CCCCCC(CCCCC)OC(=O)CCCCCCCN(CCCCCCCC(=O)OC(CCCCC)CCCCC)CC(O)CN1CCCN(CCC)CC1. The number of hydrogen-bond donors (Lipinski definition) is 1. The number of esters is 2. The smallest absolute Gasteiger partial charge is 0.306 e. The second-order valence-electron chi connectivity index (χ2n) is 17.7. The molecule has 1 heterocycles. The number of hydrogen-bond acceptors (Lipinski definition) is 8. The van der Waals surface area contributed by atoms with Crippen LogP contribution in [0.5, 0.6) is 0 Å². The van der Waals surface area contributed by atoms with Crippen LogP contribution in [0, 0.1) is 0 Å². The molecule has 8 heteroatoms. The molecule has 1 rings (SSSR count). The number of carbonyl (C=O) groups excluding carboxylic acids is 2. The predicted octanol–water partition coefficient (Wildman–Crippen LogP) is 11.9. The van der Waals surface area contributed by atoms with Crippen molar-refractivity contribution in [2.45, 2.75) is 246 Å². The van der Waals surface area contributed by atoms with Crippen LogP contribution < -0.4 is 0 Å². The van der Waals surface area contributed by atoms with E-state index in [0.29, 0.717) is 12.8 Å². The molecule has 0 aromatic rings. The average molecular weight is 808 g/mol. The highest BCUT2D eigenvalue weighted by Crippen LogP contribution is 2.18. The van der Waals surface area contributed by atoms with Crippen molar-refractivity contribution in [1.82, 2.24) is 14.7 Å². The van der Waals surface area contributed by atoms with Crippen LogP contribution in [0.1, 0.15) is 227 Å². The standard InChI is InChI=1S/C49H97N3O5/c1-6-11-21-30-46(31-22-12-7-2)56-48(54)34-25-17-15-19-27-37-51(43-45(53)44-52-40-29-39-50(36-10-5)41-42-52)38-28-20-16-18-26-35-49(55)57-47(32-23-13-8-3)33-24-14-9-4/h45-47,53H,6-44H2,1-5H3. The van der Waals surface area contributed by atoms with Gasteiger partial charge in [-0.05, 0) is 123 Å². The minimum atomic E-state index is -0.333. The Morgan fingerprint density at radius 2 is 0.912 bits per heavy atom. The molecule has 0 aromatic heterocycles. The highest BCUT2D eigenvalue weighted by Gasteiger charge is 2.20. The number of aliphatic hydroxyl groups is 1. The fraction of sp³-hybridized carbons (Fsp3) is 0.959. The van der Waals surface area contributed by atoms with Gasteiger partial charge in [0, 0.05) is 39.0 Å². The Kier molecular flexibility index (Phi) is 36.8. The first kappa shape index (κ1) is 53.8. The Morgan fingerprint density at radius 1 is 0.509 bits per heavy atom. The number of ether oxygens (including phenoxy) is 2. The maximum atomic E-state index is 12.7. The van der Waals surface area contributed by atoms with Gasteiger partial charge in [0.25, 0.3) is 0 Å². The lowest BCUT2D eigenvalue weighted by molar-refractivity contribution is -0.151. The summed E-state index contributed by atoms with van der Waals surface area (Å²) in [6, 6.07) is 0. The van der Waals surface area contributed by atoms with Crippen LogP contribution in [0.2, 0.25) is 0 Å². The van der Waals surface area contributed by atoms with Gasteiger partial charge in [0.15, 0.2) is 0 Å². The molecule has 1 N–H and O–H groups in total. The number of carbonyl (C=O) groups is 2. The Labute approximate surface area is 354 Å². The van der Waals surface area contributed by atoms with Crippen LogP contribution in [-0.4, -0.2) is 109 Å². The maximum absolute atomic E-state index is 12.7. The lowest BCUT2D eigenvalue weighted by Gasteiger charge is -2.29. The summed E-state index contributed by atoms with van der Waals surface area (Å²) in [4.78, 5) is 32.9. The van der Waals surface area contributed by atoms with Crippen molar-refractivity contribution in [2.75, 3.05) is 58.9 Å². The van der Waals surface area contributed by atoms with E-state index in [1.54, 1.807) is 0 Å². The third-order valence-electron chi connectivity index (χ3n) is 12.0. The Bertz CT molecular complexity index is 834. The summed E-state index contributed by atoms with van der Waals surface area (Å²) in [6.07, 6.45) is 32.5. The molecular weight excluding hydrogens is 711 g/mol. The Morgan fingerprint density at radius 3 is 1.35 bits per heavy atom. The third-order valence-corrected chi connectivity index (χ3v) is 12.0. The minimum absolute atomic E-state index is 0.000165. The fourth-order valence-electron chi connectivity index (χ4n) is 8.47. The molecule has 0 aromatic carbocycles. The topological polar surface area (TPSA) is 82.5 Å². The molecule has 1 aliphatic rings. The van der Waals surface area contributed by atoms with E-state index in [0.717, 1.165) is 161 Å². The first-order valence-electron chi connectivity index (χ1n) is 25.1. The van der Waals surface area contributed by atoms with Crippen molar-refractivity contribution in [2.24, 2.45) is 0 Å². The molecule has 1 unspecified atom stereocenters. The van der Waals surface area contributed by atoms with Gasteiger partial charge >= 0.3 is 11.9 Å². The summed E-state index contributed by atoms with van der Waals surface area (Å²) in [7, 11) is 0. The van der Waals surface area contributed by atoms with E-state index in [-0.39, 0.29) is 30.3 Å². The molecule has 0 spiro atoms. The van der Waals surface area contributed by atoms with Gasteiger partial charge in [0.2, 0.25) is 0 Å². The molecule has 0 amide bonds. The van der Waals surface area contributed by atoms with Crippen molar-refractivity contribution in [3.05, 3.63) is 0 Å². The van der Waals surface area contributed by atoms with E-state index in [1.807, 2.05) is 0 Å². The summed E-state index contributed by atoms with van der Waals surface area (Å²) < 4.78 is 11.9. The van der Waals surface area contributed by atoms with E-state index in [1.165, 1.54) is 77.3 Å². The van der Waals surface area contributed by atoms with Gasteiger partial charge in [-0.1, -0.05) is 125 Å².